The third-order valence-electron chi connectivity index (χ3n) is 2.92. The van der Waals surface area contributed by atoms with Gasteiger partial charge in [0.1, 0.15) is 6.29 Å². The van der Waals surface area contributed by atoms with Gasteiger partial charge >= 0.3 is 11.9 Å². The monoisotopic (exact) mass is 226 g/mol. The van der Waals surface area contributed by atoms with Gasteiger partial charge in [-0.3, -0.25) is 9.59 Å². The lowest BCUT2D eigenvalue weighted by Gasteiger charge is -2.11. The largest absolute Gasteiger partial charge is 0.468 e. The highest BCUT2D eigenvalue weighted by molar-refractivity contribution is 6.08. The number of hydrogen-bond donors (Lipinski definition) is 0. The van der Waals surface area contributed by atoms with Gasteiger partial charge in [0.2, 0.25) is 0 Å². The van der Waals surface area contributed by atoms with Crippen LogP contribution < -0.4 is 0 Å². The summed E-state index contributed by atoms with van der Waals surface area (Å²) < 4.78 is 9.15. The molecular formula is C11H14O5. The van der Waals surface area contributed by atoms with Crippen molar-refractivity contribution in [3.63, 3.8) is 0 Å². The van der Waals surface area contributed by atoms with Crippen LogP contribution >= 0.6 is 0 Å². The van der Waals surface area contributed by atoms with E-state index in [1.54, 1.807) is 19.1 Å². The van der Waals surface area contributed by atoms with Gasteiger partial charge in [0.15, 0.2) is 5.41 Å². The molecule has 0 unspecified atom stereocenters. The van der Waals surface area contributed by atoms with Gasteiger partial charge < -0.3 is 14.3 Å². The molecule has 0 aromatic carbocycles. The number of aldehydes is 1. The van der Waals surface area contributed by atoms with E-state index in [0.29, 0.717) is 6.29 Å². The fraction of sp³-hybridized carbons (Fsp3) is 0.545. The highest BCUT2D eigenvalue weighted by Crippen LogP contribution is 2.60. The van der Waals surface area contributed by atoms with E-state index < -0.39 is 29.2 Å². The third kappa shape index (κ3) is 1.43. The molecule has 0 aromatic heterocycles. The Kier molecular flexibility index (Phi) is 3.47. The predicted octanol–water partition coefficient (Wildman–Crippen LogP) is 0.340. The van der Waals surface area contributed by atoms with Crippen molar-refractivity contribution < 1.29 is 23.9 Å². The van der Waals surface area contributed by atoms with Crippen molar-refractivity contribution in [2.24, 2.45) is 17.3 Å². The molecule has 1 rings (SSSR count). The fourth-order valence-electron chi connectivity index (χ4n) is 2.08. The summed E-state index contributed by atoms with van der Waals surface area (Å²) in [6, 6.07) is 0. The molecule has 88 valence electrons. The van der Waals surface area contributed by atoms with Gasteiger partial charge in [0, 0.05) is 5.92 Å². The Morgan fingerprint density at radius 1 is 1.12 bits per heavy atom. The van der Waals surface area contributed by atoms with E-state index in [0.717, 1.165) is 0 Å². The molecule has 5 heteroatoms. The molecule has 5 nitrogen and oxygen atoms in total. The van der Waals surface area contributed by atoms with E-state index in [1.807, 2.05) is 0 Å². The quantitative estimate of drug-likeness (QED) is 0.299. The van der Waals surface area contributed by atoms with Crippen molar-refractivity contribution in [1.29, 1.82) is 0 Å². The van der Waals surface area contributed by atoms with Crippen LogP contribution in [0.2, 0.25) is 0 Å². The zero-order chi connectivity index (χ0) is 12.3. The Morgan fingerprint density at radius 2 is 1.62 bits per heavy atom. The summed E-state index contributed by atoms with van der Waals surface area (Å²) in [6.45, 7) is 1.75. The molecule has 0 heterocycles. The fourth-order valence-corrected chi connectivity index (χ4v) is 2.08. The second kappa shape index (κ2) is 4.47. The van der Waals surface area contributed by atoms with Crippen LogP contribution in [0.4, 0.5) is 0 Å². The molecule has 1 aliphatic rings. The molecule has 0 saturated heterocycles. The predicted molar refractivity (Wildman–Crippen MR) is 54.3 cm³/mol. The molecule has 0 radical (unpaired) electrons. The summed E-state index contributed by atoms with van der Waals surface area (Å²) in [4.78, 5) is 34.1. The second-order valence-corrected chi connectivity index (χ2v) is 3.57. The minimum Gasteiger partial charge on any atom is -0.468 e. The van der Waals surface area contributed by atoms with Crippen molar-refractivity contribution >= 4 is 18.2 Å². The van der Waals surface area contributed by atoms with E-state index in [2.05, 4.69) is 9.47 Å². The molecule has 1 fully saturated rings. The van der Waals surface area contributed by atoms with Gasteiger partial charge in [0.05, 0.1) is 20.1 Å². The SMILES string of the molecule is C/C=C/[C@H]1[C@H](C=O)C1(C(=O)OC)C(=O)OC. The Morgan fingerprint density at radius 3 is 1.94 bits per heavy atom. The first-order chi connectivity index (χ1) is 7.60. The molecule has 0 bridgehead atoms. The number of rotatable bonds is 4. The first-order valence-corrected chi connectivity index (χ1v) is 4.86. The van der Waals surface area contributed by atoms with Crippen molar-refractivity contribution in [3.8, 4) is 0 Å². The maximum absolute atomic E-state index is 11.6. The minimum atomic E-state index is -1.47. The number of carbonyl (C=O) groups is 3. The summed E-state index contributed by atoms with van der Waals surface area (Å²) in [5.74, 6) is -2.60. The average Bonchev–Trinajstić information content (AvgIpc) is 2.96. The summed E-state index contributed by atoms with van der Waals surface area (Å²) in [5.41, 5.74) is -1.47. The summed E-state index contributed by atoms with van der Waals surface area (Å²) in [7, 11) is 2.36. The van der Waals surface area contributed by atoms with Crippen LogP contribution in [0.3, 0.4) is 0 Å². The molecule has 0 amide bonds. The van der Waals surface area contributed by atoms with Crippen LogP contribution in [-0.2, 0) is 23.9 Å². The zero-order valence-electron chi connectivity index (χ0n) is 9.43. The molecule has 1 saturated carbocycles. The number of esters is 2. The van der Waals surface area contributed by atoms with E-state index >= 15 is 0 Å². The lowest BCUT2D eigenvalue weighted by atomic mass is 10.0. The third-order valence-corrected chi connectivity index (χ3v) is 2.92. The van der Waals surface area contributed by atoms with E-state index in [9.17, 15) is 14.4 Å². The van der Waals surface area contributed by atoms with Crippen LogP contribution in [0.1, 0.15) is 6.92 Å². The van der Waals surface area contributed by atoms with Gasteiger partial charge in [-0.1, -0.05) is 12.2 Å². The number of hydrogen-bond acceptors (Lipinski definition) is 5. The summed E-state index contributed by atoms with van der Waals surface area (Å²) in [6.07, 6.45) is 3.93. The van der Waals surface area contributed by atoms with Crippen LogP contribution in [0.15, 0.2) is 12.2 Å². The molecule has 2 atom stereocenters. The molecule has 0 spiro atoms. The maximum atomic E-state index is 11.6. The molecule has 16 heavy (non-hydrogen) atoms. The van der Waals surface area contributed by atoms with Crippen molar-refractivity contribution in [1.82, 2.24) is 0 Å². The topological polar surface area (TPSA) is 69.7 Å². The lowest BCUT2D eigenvalue weighted by molar-refractivity contribution is -0.163. The van der Waals surface area contributed by atoms with Gasteiger partial charge in [-0.15, -0.1) is 0 Å². The van der Waals surface area contributed by atoms with Crippen LogP contribution in [0, 0.1) is 17.3 Å². The highest BCUT2D eigenvalue weighted by atomic mass is 16.5. The second-order valence-electron chi connectivity index (χ2n) is 3.57. The van der Waals surface area contributed by atoms with Gasteiger partial charge in [-0.05, 0) is 6.92 Å². The van der Waals surface area contributed by atoms with Crippen molar-refractivity contribution in [2.45, 2.75) is 6.92 Å². The van der Waals surface area contributed by atoms with E-state index in [-0.39, 0.29) is 0 Å². The Bertz CT molecular complexity index is 328. The van der Waals surface area contributed by atoms with Gasteiger partial charge in [0.25, 0.3) is 0 Å². The summed E-state index contributed by atoms with van der Waals surface area (Å²) in [5, 5.41) is 0. The van der Waals surface area contributed by atoms with Gasteiger partial charge in [-0.25, -0.2) is 0 Å². The van der Waals surface area contributed by atoms with Crippen molar-refractivity contribution in [3.05, 3.63) is 12.2 Å². The first kappa shape index (κ1) is 12.4. The Balaban J connectivity index is 3.12. The number of carbonyl (C=O) groups excluding carboxylic acids is 3. The molecule has 1 aliphatic carbocycles. The number of methoxy groups -OCH3 is 2. The number of ether oxygens (including phenoxy) is 2. The molecule has 0 N–H and O–H groups in total. The van der Waals surface area contributed by atoms with Crippen LogP contribution in [0.25, 0.3) is 0 Å². The van der Waals surface area contributed by atoms with Crippen LogP contribution in [0.5, 0.6) is 0 Å². The Hall–Kier alpha value is -1.65. The molecular weight excluding hydrogens is 212 g/mol. The van der Waals surface area contributed by atoms with Crippen LogP contribution in [-0.4, -0.2) is 32.4 Å². The Labute approximate surface area is 93.4 Å². The normalized spacial score (nSPS) is 26.2. The molecule has 0 aliphatic heterocycles. The first-order valence-electron chi connectivity index (χ1n) is 4.86. The minimum absolute atomic E-state index is 0.463. The standard InChI is InChI=1S/C11H14O5/c1-4-5-7-8(6-12)11(7,9(13)15-2)10(14)16-3/h4-8H,1-3H3/b5-4+/t7-,8-/m0/s1. The van der Waals surface area contributed by atoms with Gasteiger partial charge in [-0.2, -0.15) is 0 Å². The highest BCUT2D eigenvalue weighted by Gasteiger charge is 2.75. The summed E-state index contributed by atoms with van der Waals surface area (Å²) >= 11 is 0. The van der Waals surface area contributed by atoms with Crippen molar-refractivity contribution in [2.75, 3.05) is 14.2 Å². The van der Waals surface area contributed by atoms with E-state index in [4.69, 9.17) is 0 Å². The lowest BCUT2D eigenvalue weighted by Crippen LogP contribution is -2.32. The average molecular weight is 226 g/mol. The van der Waals surface area contributed by atoms with E-state index in [1.165, 1.54) is 14.2 Å². The smallest absolute Gasteiger partial charge is 0.324 e. The number of allylic oxidation sites excluding steroid dienone is 2. The zero-order valence-corrected chi connectivity index (χ0v) is 9.43. The molecule has 0 aromatic rings. The maximum Gasteiger partial charge on any atom is 0.324 e.